The van der Waals surface area contributed by atoms with Crippen molar-refractivity contribution in [2.24, 2.45) is 11.3 Å². The Morgan fingerprint density at radius 2 is 1.71 bits per heavy atom. The molecule has 9 heteroatoms. The molecule has 5 rings (SSSR count). The van der Waals surface area contributed by atoms with Crippen molar-refractivity contribution in [1.29, 1.82) is 0 Å². The maximum absolute atomic E-state index is 13.6. The summed E-state index contributed by atoms with van der Waals surface area (Å²) in [5.41, 5.74) is -0.363. The van der Waals surface area contributed by atoms with Crippen molar-refractivity contribution in [3.05, 3.63) is 52.9 Å². The molecule has 3 fully saturated rings. The highest BCUT2D eigenvalue weighted by atomic mass is 32.2. The molecule has 1 spiro atoms. The van der Waals surface area contributed by atoms with Gasteiger partial charge in [-0.05, 0) is 57.7 Å². The number of urea groups is 1. The number of amides is 2. The second-order valence-electron chi connectivity index (χ2n) is 12.8. The first-order chi connectivity index (χ1) is 19.6. The van der Waals surface area contributed by atoms with Gasteiger partial charge in [0, 0.05) is 49.9 Å². The minimum Gasteiger partial charge on any atom is -0.387 e. The Morgan fingerprint density at radius 1 is 1.02 bits per heavy atom. The topological polar surface area (TPSA) is 86.1 Å². The molecule has 2 amide bonds. The fraction of sp³-hybridized carbons (Fsp3) is 0.625. The highest BCUT2D eigenvalue weighted by Gasteiger charge is 2.56. The summed E-state index contributed by atoms with van der Waals surface area (Å²) < 4.78 is 16.5. The number of carbonyl (C=O) groups is 1. The van der Waals surface area contributed by atoms with Crippen molar-refractivity contribution in [2.45, 2.75) is 81.2 Å². The lowest BCUT2D eigenvalue weighted by molar-refractivity contribution is -0.136. The van der Waals surface area contributed by atoms with Crippen LogP contribution in [0.25, 0.3) is 11.1 Å². The van der Waals surface area contributed by atoms with Crippen LogP contribution in [0.2, 0.25) is 0 Å². The number of hydrogen-bond donors (Lipinski definition) is 1. The van der Waals surface area contributed by atoms with Gasteiger partial charge in [0.05, 0.1) is 17.0 Å². The predicted octanol–water partition coefficient (Wildman–Crippen LogP) is 4.73. The number of aliphatic hydroxyl groups is 1. The van der Waals surface area contributed by atoms with Crippen molar-refractivity contribution in [2.75, 3.05) is 40.8 Å². The summed E-state index contributed by atoms with van der Waals surface area (Å²) in [6, 6.07) is 11.1. The van der Waals surface area contributed by atoms with E-state index in [-0.39, 0.29) is 18.1 Å². The molecule has 2 aliphatic carbocycles. The third-order valence-corrected chi connectivity index (χ3v) is 11.2. The number of nitrogens with zero attached hydrogens (tertiary/aromatic N) is 4. The van der Waals surface area contributed by atoms with E-state index in [0.29, 0.717) is 35.9 Å². The molecule has 2 heterocycles. The van der Waals surface area contributed by atoms with Crippen LogP contribution in [0.3, 0.4) is 0 Å². The normalized spacial score (nSPS) is 23.7. The molecule has 1 saturated heterocycles. The molecule has 2 saturated carbocycles. The van der Waals surface area contributed by atoms with Crippen molar-refractivity contribution < 1.29 is 14.1 Å². The number of carbonyl (C=O) groups excluding carboxylic acids is 1. The summed E-state index contributed by atoms with van der Waals surface area (Å²) in [5.74, 6) is 0.576. The molecule has 3 aliphatic rings. The van der Waals surface area contributed by atoms with Gasteiger partial charge in [-0.2, -0.15) is 0 Å². The van der Waals surface area contributed by atoms with Crippen molar-refractivity contribution in [3.63, 3.8) is 0 Å². The van der Waals surface area contributed by atoms with E-state index in [2.05, 4.69) is 0 Å². The number of aromatic nitrogens is 1. The summed E-state index contributed by atoms with van der Waals surface area (Å²) in [5, 5.41) is 12.3. The lowest BCUT2D eigenvalue weighted by Crippen LogP contribution is -2.63. The first-order valence-corrected chi connectivity index (χ1v) is 16.3. The third-order valence-electron chi connectivity index (χ3n) is 9.82. The SMILES string of the molecule is CN(CC1CCCCC1)C(=O)N1CCC(O)(Cn2cc(S(=O)N(C)C)c(-c3ccccc3)cc2=O)C2(CCCC2)C1. The summed E-state index contributed by atoms with van der Waals surface area (Å²) in [7, 11) is 3.93. The van der Waals surface area contributed by atoms with Crippen LogP contribution in [0.4, 0.5) is 4.79 Å². The second kappa shape index (κ2) is 12.4. The Morgan fingerprint density at radius 3 is 2.37 bits per heavy atom. The van der Waals surface area contributed by atoms with Gasteiger partial charge in [0.15, 0.2) is 0 Å². The van der Waals surface area contributed by atoms with Gasteiger partial charge in [0.1, 0.15) is 11.0 Å². The number of benzene rings is 1. The Labute approximate surface area is 246 Å². The van der Waals surface area contributed by atoms with Crippen LogP contribution < -0.4 is 5.56 Å². The Kier molecular flexibility index (Phi) is 9.07. The van der Waals surface area contributed by atoms with Crippen LogP contribution in [0.1, 0.15) is 64.2 Å². The van der Waals surface area contributed by atoms with Crippen molar-refractivity contribution in [3.8, 4) is 11.1 Å². The minimum absolute atomic E-state index is 0.0527. The van der Waals surface area contributed by atoms with Gasteiger partial charge < -0.3 is 19.5 Å². The number of hydrogen-bond acceptors (Lipinski definition) is 4. The first-order valence-electron chi connectivity index (χ1n) is 15.2. The van der Waals surface area contributed by atoms with E-state index in [1.165, 1.54) is 32.1 Å². The zero-order chi connectivity index (χ0) is 29.2. The number of rotatable bonds is 7. The average Bonchev–Trinajstić information content (AvgIpc) is 3.45. The van der Waals surface area contributed by atoms with Crippen LogP contribution in [0, 0.1) is 11.3 Å². The Balaban J connectivity index is 1.40. The Hall–Kier alpha value is -2.49. The number of piperidine rings is 1. The summed E-state index contributed by atoms with van der Waals surface area (Å²) in [4.78, 5) is 31.4. The monoisotopic (exact) mass is 582 g/mol. The molecule has 1 N–H and O–H groups in total. The largest absolute Gasteiger partial charge is 0.387 e. The van der Waals surface area contributed by atoms with Gasteiger partial charge in [-0.15, -0.1) is 0 Å². The molecule has 1 aromatic heterocycles. The van der Waals surface area contributed by atoms with E-state index in [9.17, 15) is 18.9 Å². The molecule has 0 bridgehead atoms. The van der Waals surface area contributed by atoms with E-state index in [1.807, 2.05) is 47.2 Å². The Bertz CT molecular complexity index is 1300. The van der Waals surface area contributed by atoms with E-state index in [4.69, 9.17) is 0 Å². The average molecular weight is 583 g/mol. The molecule has 224 valence electrons. The quantitative estimate of drug-likeness (QED) is 0.512. The molecular formula is C32H46N4O4S. The number of likely N-dealkylation sites (tertiary alicyclic amines) is 1. The molecule has 1 aliphatic heterocycles. The lowest BCUT2D eigenvalue weighted by Gasteiger charge is -2.53. The summed E-state index contributed by atoms with van der Waals surface area (Å²) in [6.07, 6.45) is 11.9. The minimum atomic E-state index is -1.48. The molecule has 41 heavy (non-hydrogen) atoms. The molecular weight excluding hydrogens is 536 g/mol. The fourth-order valence-corrected chi connectivity index (χ4v) is 8.45. The fourth-order valence-electron chi connectivity index (χ4n) is 7.48. The van der Waals surface area contributed by atoms with Crippen LogP contribution in [0.5, 0.6) is 0 Å². The van der Waals surface area contributed by atoms with Gasteiger partial charge in [-0.3, -0.25) is 4.79 Å². The van der Waals surface area contributed by atoms with E-state index in [0.717, 1.165) is 37.8 Å². The zero-order valence-electron chi connectivity index (χ0n) is 24.9. The maximum Gasteiger partial charge on any atom is 0.319 e. The first kappa shape index (κ1) is 30.0. The summed E-state index contributed by atoms with van der Waals surface area (Å²) >= 11 is 0. The second-order valence-corrected chi connectivity index (χ2v) is 14.5. The maximum atomic E-state index is 13.6. The van der Waals surface area contributed by atoms with Gasteiger partial charge >= 0.3 is 6.03 Å². The van der Waals surface area contributed by atoms with Crippen molar-refractivity contribution >= 4 is 17.0 Å². The van der Waals surface area contributed by atoms with E-state index < -0.39 is 22.0 Å². The van der Waals surface area contributed by atoms with Crippen molar-refractivity contribution in [1.82, 2.24) is 18.7 Å². The zero-order valence-corrected chi connectivity index (χ0v) is 25.7. The van der Waals surface area contributed by atoms with Crippen LogP contribution in [-0.2, 0) is 17.5 Å². The lowest BCUT2D eigenvalue weighted by atomic mass is 9.66. The molecule has 2 aromatic rings. The van der Waals surface area contributed by atoms with Crippen LogP contribution >= 0.6 is 0 Å². The predicted molar refractivity (Wildman–Crippen MR) is 163 cm³/mol. The number of pyridine rings is 1. The summed E-state index contributed by atoms with van der Waals surface area (Å²) in [6.45, 7) is 1.88. The highest BCUT2D eigenvalue weighted by molar-refractivity contribution is 7.82. The molecule has 2 unspecified atom stereocenters. The van der Waals surface area contributed by atoms with E-state index in [1.54, 1.807) is 35.2 Å². The smallest absolute Gasteiger partial charge is 0.319 e. The highest BCUT2D eigenvalue weighted by Crippen LogP contribution is 2.51. The molecule has 0 radical (unpaired) electrons. The third kappa shape index (κ3) is 6.18. The van der Waals surface area contributed by atoms with Gasteiger partial charge in [-0.25, -0.2) is 13.3 Å². The molecule has 8 nitrogen and oxygen atoms in total. The standard InChI is InChI=1S/C32H46N4O4S/c1-33(2)41(40)28-22-36(29(37)20-27(28)26-14-8-5-9-15-26)24-32(39)18-19-35(23-31(32)16-10-11-17-31)30(38)34(3)21-25-12-6-4-7-13-25/h5,8-9,14-15,20,22,25,39H,4,6-7,10-13,16-19,21,23-24H2,1-3H3. The van der Waals surface area contributed by atoms with Crippen LogP contribution in [-0.4, -0.2) is 80.4 Å². The molecule has 1 aromatic carbocycles. The van der Waals surface area contributed by atoms with Gasteiger partial charge in [0.25, 0.3) is 5.56 Å². The van der Waals surface area contributed by atoms with Gasteiger partial charge in [-0.1, -0.05) is 62.4 Å². The van der Waals surface area contributed by atoms with Crippen LogP contribution in [0.15, 0.2) is 52.3 Å². The molecule has 2 atom stereocenters. The van der Waals surface area contributed by atoms with Gasteiger partial charge in [0.2, 0.25) is 0 Å². The van der Waals surface area contributed by atoms with E-state index >= 15 is 0 Å².